The maximum atomic E-state index is 11.3. The van der Waals surface area contributed by atoms with Crippen LogP contribution in [0.1, 0.15) is 11.7 Å². The zero-order valence-corrected chi connectivity index (χ0v) is 7.77. The smallest absolute Gasteiger partial charge is 0.257 e. The predicted molar refractivity (Wildman–Crippen MR) is 55.3 cm³/mol. The van der Waals surface area contributed by atoms with Crippen LogP contribution in [0.3, 0.4) is 0 Å². The lowest BCUT2D eigenvalue weighted by atomic mass is 10.1. The van der Waals surface area contributed by atoms with Gasteiger partial charge in [0, 0.05) is 17.1 Å². The number of hydrogen-bond acceptors (Lipinski definition) is 3. The summed E-state index contributed by atoms with van der Waals surface area (Å²) in [6.45, 7) is 0. The number of carbonyl (C=O) groups is 1. The molecule has 0 bridgehead atoms. The Kier molecular flexibility index (Phi) is 1.55. The molecule has 1 aliphatic heterocycles. The van der Waals surface area contributed by atoms with Crippen LogP contribution in [0, 0.1) is 0 Å². The molecule has 3 rings (SSSR count). The second kappa shape index (κ2) is 2.77. The highest BCUT2D eigenvalue weighted by Gasteiger charge is 2.29. The molecule has 15 heavy (non-hydrogen) atoms. The number of benzene rings is 1. The summed E-state index contributed by atoms with van der Waals surface area (Å²) in [5, 5.41) is 13.2. The molecule has 4 nitrogen and oxygen atoms in total. The molecule has 0 aliphatic carbocycles. The van der Waals surface area contributed by atoms with Crippen LogP contribution in [-0.2, 0) is 4.79 Å². The van der Waals surface area contributed by atoms with E-state index in [1.807, 2.05) is 18.2 Å². The monoisotopic (exact) mass is 200 g/mol. The number of aliphatic hydroxyl groups excluding tert-OH is 1. The number of carbonyl (C=O) groups excluding carboxylic acids is 1. The normalized spacial score (nSPS) is 19.0. The molecule has 1 aromatic heterocycles. The van der Waals surface area contributed by atoms with Gasteiger partial charge in [0.25, 0.3) is 5.91 Å². The molecule has 1 aromatic carbocycles. The van der Waals surface area contributed by atoms with E-state index in [9.17, 15) is 9.90 Å². The van der Waals surface area contributed by atoms with Gasteiger partial charge in [0.1, 0.15) is 0 Å². The topological polar surface area (TPSA) is 62.2 Å². The zero-order valence-electron chi connectivity index (χ0n) is 7.77. The van der Waals surface area contributed by atoms with E-state index in [1.54, 1.807) is 12.3 Å². The third kappa shape index (κ3) is 1.05. The molecule has 0 radical (unpaired) electrons. The lowest BCUT2D eigenvalue weighted by molar-refractivity contribution is -0.123. The number of fused-ring (bicyclic) bond motifs is 3. The van der Waals surface area contributed by atoms with Crippen LogP contribution < -0.4 is 5.32 Å². The number of nitrogens with one attached hydrogen (secondary N) is 1. The molecule has 1 atom stereocenters. The molecular formula is C11H8N2O2. The van der Waals surface area contributed by atoms with E-state index in [1.165, 1.54) is 0 Å². The van der Waals surface area contributed by atoms with Gasteiger partial charge in [-0.3, -0.25) is 9.78 Å². The summed E-state index contributed by atoms with van der Waals surface area (Å²) in [6.07, 6.45) is 0.603. The van der Waals surface area contributed by atoms with Crippen molar-refractivity contribution in [2.75, 3.05) is 5.32 Å². The largest absolute Gasteiger partial charge is 0.378 e. The molecule has 0 saturated carbocycles. The van der Waals surface area contributed by atoms with Gasteiger partial charge in [0.2, 0.25) is 0 Å². The molecule has 0 spiro atoms. The molecule has 1 aliphatic rings. The Labute approximate surface area is 85.6 Å². The molecule has 0 fully saturated rings. The van der Waals surface area contributed by atoms with Crippen molar-refractivity contribution in [3.8, 4) is 0 Å². The van der Waals surface area contributed by atoms with Crippen molar-refractivity contribution < 1.29 is 9.90 Å². The van der Waals surface area contributed by atoms with E-state index in [-0.39, 0.29) is 5.91 Å². The van der Waals surface area contributed by atoms with Crippen molar-refractivity contribution in [2.45, 2.75) is 6.10 Å². The van der Waals surface area contributed by atoms with Crippen molar-refractivity contribution in [3.05, 3.63) is 36.0 Å². The molecule has 1 amide bonds. The number of pyridine rings is 1. The van der Waals surface area contributed by atoms with E-state index in [0.29, 0.717) is 11.3 Å². The molecule has 2 N–H and O–H groups in total. The van der Waals surface area contributed by atoms with Gasteiger partial charge in [-0.2, -0.15) is 0 Å². The number of nitrogens with zero attached hydrogens (tertiary/aromatic N) is 1. The first-order valence-corrected chi connectivity index (χ1v) is 4.64. The van der Waals surface area contributed by atoms with Crippen molar-refractivity contribution in [1.82, 2.24) is 4.98 Å². The average Bonchev–Trinajstić information content (AvgIpc) is 2.56. The van der Waals surface area contributed by atoms with Crippen molar-refractivity contribution in [2.24, 2.45) is 0 Å². The van der Waals surface area contributed by atoms with Crippen molar-refractivity contribution in [3.63, 3.8) is 0 Å². The molecule has 2 heterocycles. The fraction of sp³-hybridized carbons (Fsp3) is 0.0909. The minimum atomic E-state index is -1.06. The Morgan fingerprint density at radius 1 is 1.33 bits per heavy atom. The zero-order chi connectivity index (χ0) is 10.4. The van der Waals surface area contributed by atoms with Crippen molar-refractivity contribution >= 4 is 22.5 Å². The average molecular weight is 200 g/mol. The maximum absolute atomic E-state index is 11.3. The van der Waals surface area contributed by atoms with Crippen LogP contribution in [-0.4, -0.2) is 16.0 Å². The van der Waals surface area contributed by atoms with Crippen LogP contribution in [0.5, 0.6) is 0 Å². The number of rotatable bonds is 0. The number of aromatic nitrogens is 1. The predicted octanol–water partition coefficient (Wildman–Crippen LogP) is 1.22. The Morgan fingerprint density at radius 2 is 2.20 bits per heavy atom. The fourth-order valence-corrected chi connectivity index (χ4v) is 1.85. The van der Waals surface area contributed by atoms with Gasteiger partial charge in [-0.25, -0.2) is 0 Å². The first kappa shape index (κ1) is 8.38. The minimum absolute atomic E-state index is 0.386. The van der Waals surface area contributed by atoms with Crippen LogP contribution >= 0.6 is 0 Å². The highest BCUT2D eigenvalue weighted by atomic mass is 16.3. The molecule has 1 unspecified atom stereocenters. The Bertz CT molecular complexity index is 566. The molecule has 0 saturated heterocycles. The van der Waals surface area contributed by atoms with Crippen LogP contribution in [0.2, 0.25) is 0 Å². The Balaban J connectivity index is 2.38. The van der Waals surface area contributed by atoms with Gasteiger partial charge in [-0.1, -0.05) is 18.2 Å². The van der Waals surface area contributed by atoms with Crippen LogP contribution in [0.15, 0.2) is 30.5 Å². The number of aliphatic hydroxyl groups is 1. The Morgan fingerprint density at radius 3 is 3.07 bits per heavy atom. The quantitative estimate of drug-likeness (QED) is 0.672. The van der Waals surface area contributed by atoms with Gasteiger partial charge in [0.15, 0.2) is 6.10 Å². The van der Waals surface area contributed by atoms with Crippen LogP contribution in [0.25, 0.3) is 10.9 Å². The summed E-state index contributed by atoms with van der Waals surface area (Å²) < 4.78 is 0. The van der Waals surface area contributed by atoms with Gasteiger partial charge in [-0.15, -0.1) is 0 Å². The van der Waals surface area contributed by atoms with Gasteiger partial charge in [0.05, 0.1) is 11.2 Å². The van der Waals surface area contributed by atoms with E-state index in [2.05, 4.69) is 10.3 Å². The van der Waals surface area contributed by atoms with Crippen molar-refractivity contribution in [1.29, 1.82) is 0 Å². The second-order valence-corrected chi connectivity index (χ2v) is 3.50. The standard InChI is InChI=1S/C11H8N2O2/c14-10-7-4-3-6-2-1-5-12-8(6)9(7)13-11(10)15/h1-5,10,14H,(H,13,15). The molecular weight excluding hydrogens is 192 g/mol. The SMILES string of the molecule is O=C1Nc2c(ccc3cccnc23)C1O. The summed E-state index contributed by atoms with van der Waals surface area (Å²) >= 11 is 0. The summed E-state index contributed by atoms with van der Waals surface area (Å²) in [5.41, 5.74) is 1.96. The van der Waals surface area contributed by atoms with E-state index in [4.69, 9.17) is 0 Å². The number of amides is 1. The highest BCUT2D eigenvalue weighted by Crippen LogP contribution is 2.35. The third-order valence-electron chi connectivity index (χ3n) is 2.60. The first-order chi connectivity index (χ1) is 7.27. The summed E-state index contributed by atoms with van der Waals surface area (Å²) in [5.74, 6) is -0.386. The second-order valence-electron chi connectivity index (χ2n) is 3.50. The van der Waals surface area contributed by atoms with Gasteiger partial charge >= 0.3 is 0 Å². The first-order valence-electron chi connectivity index (χ1n) is 4.64. The van der Waals surface area contributed by atoms with E-state index in [0.717, 1.165) is 10.9 Å². The summed E-state index contributed by atoms with van der Waals surface area (Å²) in [4.78, 5) is 15.5. The molecule has 74 valence electrons. The third-order valence-corrected chi connectivity index (χ3v) is 2.60. The number of hydrogen-bond donors (Lipinski definition) is 2. The Hall–Kier alpha value is -1.94. The molecule has 2 aromatic rings. The van der Waals surface area contributed by atoms with E-state index >= 15 is 0 Å². The lowest BCUT2D eigenvalue weighted by Crippen LogP contribution is -2.10. The number of anilines is 1. The van der Waals surface area contributed by atoms with Crippen LogP contribution in [0.4, 0.5) is 5.69 Å². The minimum Gasteiger partial charge on any atom is -0.378 e. The van der Waals surface area contributed by atoms with Gasteiger partial charge in [-0.05, 0) is 6.07 Å². The lowest BCUT2D eigenvalue weighted by Gasteiger charge is -2.03. The summed E-state index contributed by atoms with van der Waals surface area (Å²) in [7, 11) is 0. The van der Waals surface area contributed by atoms with E-state index < -0.39 is 6.10 Å². The fourth-order valence-electron chi connectivity index (χ4n) is 1.85. The molecule has 4 heteroatoms. The van der Waals surface area contributed by atoms with Gasteiger partial charge < -0.3 is 10.4 Å². The maximum Gasteiger partial charge on any atom is 0.257 e. The highest BCUT2D eigenvalue weighted by molar-refractivity contribution is 6.09. The summed E-state index contributed by atoms with van der Waals surface area (Å²) in [6, 6.07) is 7.36.